The van der Waals surface area contributed by atoms with E-state index in [1.165, 1.54) is 17.3 Å². The van der Waals surface area contributed by atoms with Gasteiger partial charge in [-0.1, -0.05) is 44.7 Å². The quantitative estimate of drug-likeness (QED) is 0.398. The van der Waals surface area contributed by atoms with Crippen LogP contribution in [0.15, 0.2) is 29.4 Å². The van der Waals surface area contributed by atoms with Crippen LogP contribution in [0.5, 0.6) is 5.88 Å². The molecule has 1 aromatic carbocycles. The number of anilines is 2. The summed E-state index contributed by atoms with van der Waals surface area (Å²) in [5.41, 5.74) is 8.45. The molecule has 0 spiro atoms. The second-order valence-corrected chi connectivity index (χ2v) is 11.7. The number of carbonyl (C=O) groups is 2. The molecule has 1 fully saturated rings. The molecule has 4 rings (SSSR count). The highest BCUT2D eigenvalue weighted by atomic mass is 32.2. The fraction of sp³-hybridized carbons (Fsp3) is 0.538. The number of nitrogens with zero attached hydrogens (tertiary/aromatic N) is 3. The van der Waals surface area contributed by atoms with E-state index in [0.717, 1.165) is 37.8 Å². The smallest absolute Gasteiger partial charge is 0.303 e. The van der Waals surface area contributed by atoms with E-state index < -0.39 is 5.97 Å². The number of carboxylic acids is 1. The Morgan fingerprint density at radius 2 is 1.89 bits per heavy atom. The second kappa shape index (κ2) is 10.4. The van der Waals surface area contributed by atoms with Gasteiger partial charge in [0, 0.05) is 16.9 Å². The van der Waals surface area contributed by atoms with Crippen molar-refractivity contribution < 1.29 is 19.4 Å². The van der Waals surface area contributed by atoms with Crippen molar-refractivity contribution >= 4 is 35.1 Å². The van der Waals surface area contributed by atoms with Gasteiger partial charge in [-0.2, -0.15) is 4.98 Å². The average Bonchev–Trinajstić information content (AvgIpc) is 2.98. The van der Waals surface area contributed by atoms with Crippen LogP contribution >= 0.6 is 11.8 Å². The van der Waals surface area contributed by atoms with Gasteiger partial charge in [0.05, 0.1) is 6.54 Å². The molecule has 0 saturated heterocycles. The molecule has 3 N–H and O–H groups in total. The van der Waals surface area contributed by atoms with E-state index in [-0.39, 0.29) is 40.3 Å². The fourth-order valence-corrected chi connectivity index (χ4v) is 5.61. The normalized spacial score (nSPS) is 20.7. The van der Waals surface area contributed by atoms with Gasteiger partial charge in [-0.25, -0.2) is 4.98 Å². The third kappa shape index (κ3) is 5.89. The Labute approximate surface area is 210 Å². The van der Waals surface area contributed by atoms with E-state index in [2.05, 4.69) is 42.9 Å². The van der Waals surface area contributed by atoms with Gasteiger partial charge in [-0.15, -0.1) is 0 Å². The fourth-order valence-electron chi connectivity index (χ4n) is 4.70. The molecule has 188 valence electrons. The molecule has 0 unspecified atom stereocenters. The summed E-state index contributed by atoms with van der Waals surface area (Å²) in [5, 5.41) is 9.54. The lowest BCUT2D eigenvalue weighted by Crippen LogP contribution is -2.32. The highest BCUT2D eigenvalue weighted by Crippen LogP contribution is 2.39. The monoisotopic (exact) mass is 498 g/mol. The zero-order valence-electron chi connectivity index (χ0n) is 20.6. The van der Waals surface area contributed by atoms with Gasteiger partial charge in [-0.3, -0.25) is 9.59 Å². The van der Waals surface area contributed by atoms with Crippen molar-refractivity contribution in [3.8, 4) is 5.88 Å². The number of thioether (sulfide) groups is 1. The van der Waals surface area contributed by atoms with Crippen molar-refractivity contribution in [2.24, 2.45) is 5.92 Å². The number of hydrogen-bond acceptors (Lipinski definition) is 7. The van der Waals surface area contributed by atoms with Crippen LogP contribution < -0.4 is 15.4 Å². The maximum atomic E-state index is 13.5. The number of carbonyl (C=O) groups excluding carboxylic acids is 1. The van der Waals surface area contributed by atoms with Crippen LogP contribution in [0.25, 0.3) is 0 Å². The molecule has 8 nitrogen and oxygen atoms in total. The first-order valence-corrected chi connectivity index (χ1v) is 13.1. The van der Waals surface area contributed by atoms with Gasteiger partial charge in [0.2, 0.25) is 5.88 Å². The first kappa shape index (κ1) is 25.3. The van der Waals surface area contributed by atoms with E-state index in [0.29, 0.717) is 24.2 Å². The van der Waals surface area contributed by atoms with E-state index in [1.54, 1.807) is 4.90 Å². The molecule has 1 amide bonds. The molecule has 1 saturated carbocycles. The first-order valence-electron chi connectivity index (χ1n) is 12.3. The summed E-state index contributed by atoms with van der Waals surface area (Å²) in [7, 11) is 0. The van der Waals surface area contributed by atoms with E-state index in [4.69, 9.17) is 15.6 Å². The highest BCUT2D eigenvalue weighted by molar-refractivity contribution is 8.00. The van der Waals surface area contributed by atoms with Gasteiger partial charge >= 0.3 is 5.97 Å². The van der Waals surface area contributed by atoms with Gasteiger partial charge in [0.15, 0.2) is 5.16 Å². The van der Waals surface area contributed by atoms with E-state index in [1.807, 2.05) is 12.1 Å². The van der Waals surface area contributed by atoms with Crippen LogP contribution in [0.3, 0.4) is 0 Å². The Morgan fingerprint density at radius 1 is 1.20 bits per heavy atom. The number of ether oxygens (including phenoxy) is 1. The van der Waals surface area contributed by atoms with Crippen LogP contribution in [-0.2, 0) is 4.79 Å². The summed E-state index contributed by atoms with van der Waals surface area (Å²) >= 11 is 1.52. The second-order valence-electron chi connectivity index (χ2n) is 10.00. The lowest BCUT2D eigenvalue weighted by atomic mass is 9.77. The van der Waals surface area contributed by atoms with E-state index >= 15 is 0 Å². The number of rotatable bonds is 7. The van der Waals surface area contributed by atoms with Crippen LogP contribution in [0, 0.1) is 5.92 Å². The molecule has 2 heterocycles. The molecule has 0 radical (unpaired) electrons. The molecule has 1 aliphatic heterocycles. The standard InChI is InChI=1S/C26H34N4O4S/c1-4-26(2,3)35-25-28-22(27)21-23(29-25)34-14-13-30(24(21)33)19-11-9-18(10-12-19)17-7-5-16(6-8-17)15-20(31)32/h9-12,16-17H,4-8,13-15H2,1-3H3,(H,31,32)(H2,27,28,29)/t16-,17-. The predicted octanol–water partition coefficient (Wildman–Crippen LogP) is 5.13. The molecule has 2 aromatic rings. The highest BCUT2D eigenvalue weighted by Gasteiger charge is 2.31. The number of nitrogen functional groups attached to an aromatic ring is 1. The van der Waals surface area contributed by atoms with Crippen molar-refractivity contribution in [1.82, 2.24) is 9.97 Å². The lowest BCUT2D eigenvalue weighted by molar-refractivity contribution is -0.138. The maximum Gasteiger partial charge on any atom is 0.303 e. The minimum atomic E-state index is -0.712. The molecule has 2 aliphatic rings. The molecular formula is C26H34N4O4S. The summed E-state index contributed by atoms with van der Waals surface area (Å²) < 4.78 is 5.79. The van der Waals surface area contributed by atoms with Gasteiger partial charge in [-0.05, 0) is 61.6 Å². The average molecular weight is 499 g/mol. The van der Waals surface area contributed by atoms with Crippen LogP contribution in [0.1, 0.15) is 81.1 Å². The summed E-state index contributed by atoms with van der Waals surface area (Å²) in [4.78, 5) is 35.0. The molecule has 0 bridgehead atoms. The number of carboxylic acid groups (broad SMARTS) is 1. The number of benzene rings is 1. The first-order chi connectivity index (χ1) is 16.7. The molecule has 0 atom stereocenters. The number of aromatic nitrogens is 2. The summed E-state index contributed by atoms with van der Waals surface area (Å²) in [6.07, 6.45) is 5.05. The number of aliphatic carboxylic acids is 1. The van der Waals surface area contributed by atoms with Crippen molar-refractivity contribution in [2.45, 2.75) is 75.1 Å². The molecule has 1 aliphatic carbocycles. The maximum absolute atomic E-state index is 13.5. The Bertz CT molecular complexity index is 1080. The topological polar surface area (TPSA) is 119 Å². The van der Waals surface area contributed by atoms with Crippen LogP contribution in [0.4, 0.5) is 11.5 Å². The van der Waals surface area contributed by atoms with Crippen molar-refractivity contribution in [3.63, 3.8) is 0 Å². The van der Waals surface area contributed by atoms with Crippen molar-refractivity contribution in [2.75, 3.05) is 23.8 Å². The third-order valence-corrected chi connectivity index (χ3v) is 8.31. The molecular weight excluding hydrogens is 464 g/mol. The Kier molecular flexibility index (Phi) is 7.54. The van der Waals surface area contributed by atoms with Crippen LogP contribution in [-0.4, -0.2) is 44.8 Å². The largest absolute Gasteiger partial charge is 0.481 e. The summed E-state index contributed by atoms with van der Waals surface area (Å²) in [5.74, 6) is 0.104. The molecule has 1 aromatic heterocycles. The van der Waals surface area contributed by atoms with Crippen molar-refractivity contribution in [1.29, 1.82) is 0 Å². The Hall–Kier alpha value is -2.81. The van der Waals surface area contributed by atoms with Crippen molar-refractivity contribution in [3.05, 3.63) is 35.4 Å². The Balaban J connectivity index is 1.49. The lowest BCUT2D eigenvalue weighted by Gasteiger charge is -2.28. The summed E-state index contributed by atoms with van der Waals surface area (Å²) in [6.45, 7) is 7.03. The van der Waals surface area contributed by atoms with Gasteiger partial charge in [0.25, 0.3) is 5.91 Å². The zero-order chi connectivity index (χ0) is 25.2. The molecule has 35 heavy (non-hydrogen) atoms. The summed E-state index contributed by atoms with van der Waals surface area (Å²) in [6, 6.07) is 8.08. The van der Waals surface area contributed by atoms with Gasteiger partial charge in [0.1, 0.15) is 18.0 Å². The number of fused-ring (bicyclic) bond motifs is 1. The number of amides is 1. The number of hydrogen-bond donors (Lipinski definition) is 2. The minimum absolute atomic E-state index is 0.0568. The van der Waals surface area contributed by atoms with E-state index in [9.17, 15) is 9.59 Å². The van der Waals surface area contributed by atoms with Gasteiger partial charge < -0.3 is 20.5 Å². The third-order valence-electron chi connectivity index (χ3n) is 7.10. The predicted molar refractivity (Wildman–Crippen MR) is 137 cm³/mol. The Morgan fingerprint density at radius 3 is 2.51 bits per heavy atom. The van der Waals surface area contributed by atoms with Crippen LogP contribution in [0.2, 0.25) is 0 Å². The zero-order valence-corrected chi connectivity index (χ0v) is 21.4. The minimum Gasteiger partial charge on any atom is -0.481 e. The number of nitrogens with two attached hydrogens (primary N) is 1. The molecule has 9 heteroatoms. The SMILES string of the molecule is CCC(C)(C)Sc1nc(N)c2c(n1)OCCN(c1ccc([C@H]3CC[C@H](CC(=O)O)CC3)cc1)C2=O.